The Morgan fingerprint density at radius 3 is 2.19 bits per heavy atom. The molecule has 6 nitrogen and oxygen atoms in total. The molecule has 0 aliphatic rings. The summed E-state index contributed by atoms with van der Waals surface area (Å²) in [5, 5.41) is 2.51. The van der Waals surface area contributed by atoms with Crippen LogP contribution >= 0.6 is 0 Å². The van der Waals surface area contributed by atoms with Gasteiger partial charge >= 0.3 is 6.09 Å². The Bertz CT molecular complexity index is 712. The van der Waals surface area contributed by atoms with Crippen LogP contribution in [0.15, 0.2) is 59.5 Å². The highest BCUT2D eigenvalue weighted by Gasteiger charge is 2.11. The van der Waals surface area contributed by atoms with E-state index < -0.39 is 16.1 Å². The van der Waals surface area contributed by atoms with Gasteiger partial charge in [-0.05, 0) is 43.4 Å². The quantitative estimate of drug-likeness (QED) is 0.907. The SMILES string of the molecule is CNS(=O)(=O)c1ccc(NC(=O)Oc2ccccc2)cc1. The third-order valence-electron chi connectivity index (χ3n) is 2.63. The summed E-state index contributed by atoms with van der Waals surface area (Å²) in [6.07, 6.45) is -0.648. The molecule has 2 rings (SSSR count). The van der Waals surface area contributed by atoms with Crippen LogP contribution in [0.5, 0.6) is 5.75 Å². The molecule has 0 aliphatic carbocycles. The van der Waals surface area contributed by atoms with Gasteiger partial charge < -0.3 is 4.74 Å². The zero-order chi connectivity index (χ0) is 15.3. The molecule has 0 aliphatic heterocycles. The maximum absolute atomic E-state index is 11.7. The Hall–Kier alpha value is -2.38. The minimum absolute atomic E-state index is 0.118. The Morgan fingerprint density at radius 1 is 1.00 bits per heavy atom. The highest BCUT2D eigenvalue weighted by molar-refractivity contribution is 7.89. The normalized spacial score (nSPS) is 10.9. The molecule has 21 heavy (non-hydrogen) atoms. The van der Waals surface area contributed by atoms with E-state index in [0.29, 0.717) is 11.4 Å². The van der Waals surface area contributed by atoms with Gasteiger partial charge in [-0.25, -0.2) is 17.9 Å². The predicted octanol–water partition coefficient (Wildman–Crippen LogP) is 2.21. The van der Waals surface area contributed by atoms with Gasteiger partial charge in [0.25, 0.3) is 0 Å². The molecular weight excluding hydrogens is 292 g/mol. The first kappa shape index (κ1) is 15.0. The Morgan fingerprint density at radius 2 is 1.62 bits per heavy atom. The van der Waals surface area contributed by atoms with E-state index in [1.54, 1.807) is 24.3 Å². The lowest BCUT2D eigenvalue weighted by Gasteiger charge is -2.07. The molecule has 0 spiro atoms. The van der Waals surface area contributed by atoms with Crippen LogP contribution in [-0.2, 0) is 10.0 Å². The van der Waals surface area contributed by atoms with Gasteiger partial charge in [-0.1, -0.05) is 18.2 Å². The molecule has 0 saturated carbocycles. The summed E-state index contributed by atoms with van der Waals surface area (Å²) in [5.74, 6) is 0.421. The number of amides is 1. The number of nitrogens with one attached hydrogen (secondary N) is 2. The van der Waals surface area contributed by atoms with Gasteiger partial charge in [-0.3, -0.25) is 5.32 Å². The zero-order valence-electron chi connectivity index (χ0n) is 11.2. The number of hydrogen-bond acceptors (Lipinski definition) is 4. The monoisotopic (exact) mass is 306 g/mol. The summed E-state index contributed by atoms with van der Waals surface area (Å²) < 4.78 is 30.4. The van der Waals surface area contributed by atoms with E-state index in [2.05, 4.69) is 10.0 Å². The second-order valence-electron chi connectivity index (χ2n) is 4.06. The number of ether oxygens (including phenoxy) is 1. The minimum Gasteiger partial charge on any atom is -0.410 e. The highest BCUT2D eigenvalue weighted by atomic mass is 32.2. The van der Waals surface area contributed by atoms with Crippen LogP contribution in [-0.4, -0.2) is 21.6 Å². The number of sulfonamides is 1. The minimum atomic E-state index is -3.49. The second kappa shape index (κ2) is 6.38. The zero-order valence-corrected chi connectivity index (χ0v) is 12.1. The third kappa shape index (κ3) is 4.04. The molecule has 0 atom stereocenters. The fraction of sp³-hybridized carbons (Fsp3) is 0.0714. The van der Waals surface area contributed by atoms with E-state index in [-0.39, 0.29) is 4.90 Å². The van der Waals surface area contributed by atoms with E-state index in [4.69, 9.17) is 4.74 Å². The molecule has 110 valence electrons. The predicted molar refractivity (Wildman–Crippen MR) is 78.8 cm³/mol. The Kier molecular flexibility index (Phi) is 4.56. The van der Waals surface area contributed by atoms with Gasteiger partial charge in [0.05, 0.1) is 4.90 Å². The number of carbonyl (C=O) groups is 1. The van der Waals surface area contributed by atoms with E-state index in [9.17, 15) is 13.2 Å². The fourth-order valence-corrected chi connectivity index (χ4v) is 2.30. The maximum Gasteiger partial charge on any atom is 0.417 e. The van der Waals surface area contributed by atoms with Crippen LogP contribution in [0, 0.1) is 0 Å². The average Bonchev–Trinajstić information content (AvgIpc) is 2.48. The first-order valence-electron chi connectivity index (χ1n) is 6.09. The largest absolute Gasteiger partial charge is 0.417 e. The Balaban J connectivity index is 2.02. The molecule has 0 aromatic heterocycles. The van der Waals surface area contributed by atoms with Crippen molar-refractivity contribution in [2.24, 2.45) is 0 Å². The van der Waals surface area contributed by atoms with Gasteiger partial charge in [-0.15, -0.1) is 0 Å². The average molecular weight is 306 g/mol. The highest BCUT2D eigenvalue weighted by Crippen LogP contribution is 2.15. The second-order valence-corrected chi connectivity index (χ2v) is 5.95. The van der Waals surface area contributed by atoms with Crippen molar-refractivity contribution >= 4 is 21.8 Å². The molecule has 0 bridgehead atoms. The summed E-state index contributed by atoms with van der Waals surface area (Å²) in [5.41, 5.74) is 0.436. The van der Waals surface area contributed by atoms with Crippen LogP contribution in [0.4, 0.5) is 10.5 Å². The van der Waals surface area contributed by atoms with Crippen LogP contribution in [0.1, 0.15) is 0 Å². The van der Waals surface area contributed by atoms with Crippen molar-refractivity contribution in [3.63, 3.8) is 0 Å². The van der Waals surface area contributed by atoms with Crippen LogP contribution in [0.2, 0.25) is 0 Å². The summed E-state index contributed by atoms with van der Waals surface area (Å²) in [7, 11) is -2.15. The van der Waals surface area contributed by atoms with Gasteiger partial charge in [0.2, 0.25) is 10.0 Å². The maximum atomic E-state index is 11.7. The van der Waals surface area contributed by atoms with Crippen molar-refractivity contribution in [3.8, 4) is 5.75 Å². The lowest BCUT2D eigenvalue weighted by Crippen LogP contribution is -2.19. The lowest BCUT2D eigenvalue weighted by molar-refractivity contribution is 0.215. The summed E-state index contributed by atoms with van der Waals surface area (Å²) in [6, 6.07) is 14.4. The molecule has 0 heterocycles. The van der Waals surface area contributed by atoms with Crippen molar-refractivity contribution in [2.75, 3.05) is 12.4 Å². The van der Waals surface area contributed by atoms with Gasteiger partial charge in [0.15, 0.2) is 0 Å². The number of para-hydroxylation sites is 1. The Labute approximate surface area is 122 Å². The molecule has 7 heteroatoms. The summed E-state index contributed by atoms with van der Waals surface area (Å²) >= 11 is 0. The molecule has 2 aromatic rings. The molecule has 0 fully saturated rings. The number of carbonyl (C=O) groups excluding carboxylic acids is 1. The number of anilines is 1. The third-order valence-corrected chi connectivity index (χ3v) is 4.06. The molecule has 0 unspecified atom stereocenters. The molecule has 1 amide bonds. The van der Waals surface area contributed by atoms with Crippen LogP contribution in [0.25, 0.3) is 0 Å². The number of rotatable bonds is 4. The van der Waals surface area contributed by atoms with Gasteiger partial charge in [0.1, 0.15) is 5.75 Å². The number of benzene rings is 2. The molecule has 2 N–H and O–H groups in total. The summed E-state index contributed by atoms with van der Waals surface area (Å²) in [4.78, 5) is 11.8. The van der Waals surface area contributed by atoms with Crippen LogP contribution in [0.3, 0.4) is 0 Å². The van der Waals surface area contributed by atoms with Crippen LogP contribution < -0.4 is 14.8 Å². The van der Waals surface area contributed by atoms with Crippen molar-refractivity contribution in [1.82, 2.24) is 4.72 Å². The first-order valence-corrected chi connectivity index (χ1v) is 7.57. The topological polar surface area (TPSA) is 84.5 Å². The van der Waals surface area contributed by atoms with Crippen molar-refractivity contribution in [3.05, 3.63) is 54.6 Å². The smallest absolute Gasteiger partial charge is 0.410 e. The van der Waals surface area contributed by atoms with E-state index in [1.807, 2.05) is 6.07 Å². The molecule has 0 saturated heterocycles. The van der Waals surface area contributed by atoms with Crippen molar-refractivity contribution in [1.29, 1.82) is 0 Å². The van der Waals surface area contributed by atoms with E-state index in [0.717, 1.165) is 0 Å². The van der Waals surface area contributed by atoms with Crippen molar-refractivity contribution < 1.29 is 17.9 Å². The summed E-state index contributed by atoms with van der Waals surface area (Å²) in [6.45, 7) is 0. The van der Waals surface area contributed by atoms with Gasteiger partial charge in [-0.2, -0.15) is 0 Å². The van der Waals surface area contributed by atoms with Gasteiger partial charge in [0, 0.05) is 5.69 Å². The van der Waals surface area contributed by atoms with Crippen molar-refractivity contribution in [2.45, 2.75) is 4.90 Å². The standard InChI is InChI=1S/C14H14N2O4S/c1-15-21(18,19)13-9-7-11(8-10-13)16-14(17)20-12-5-3-2-4-6-12/h2-10,15H,1H3,(H,16,17). The fourth-order valence-electron chi connectivity index (χ4n) is 1.57. The lowest BCUT2D eigenvalue weighted by atomic mass is 10.3. The molecular formula is C14H14N2O4S. The molecule has 0 radical (unpaired) electrons. The first-order chi connectivity index (χ1) is 10.0. The number of hydrogen-bond donors (Lipinski definition) is 2. The van der Waals surface area contributed by atoms with E-state index >= 15 is 0 Å². The molecule has 2 aromatic carbocycles. The van der Waals surface area contributed by atoms with E-state index in [1.165, 1.54) is 31.3 Å².